The summed E-state index contributed by atoms with van der Waals surface area (Å²) in [7, 11) is 0. The van der Waals surface area contributed by atoms with Crippen molar-refractivity contribution in [1.29, 1.82) is 5.26 Å². The Kier molecular flexibility index (Phi) is 2.44. The minimum Gasteiger partial charge on any atom is -0.302 e. The summed E-state index contributed by atoms with van der Waals surface area (Å²) in [5, 5.41) is 8.51. The molecular formula is C8H11NO. The summed E-state index contributed by atoms with van der Waals surface area (Å²) < 4.78 is 0. The molecule has 0 aromatic carbocycles. The van der Waals surface area contributed by atoms with Gasteiger partial charge in [0.05, 0.1) is 6.07 Å². The van der Waals surface area contributed by atoms with E-state index in [0.717, 1.165) is 19.1 Å². The Bertz CT molecular complexity index is 153. The maximum atomic E-state index is 10.3. The van der Waals surface area contributed by atoms with Crippen LogP contribution in [0.3, 0.4) is 0 Å². The Morgan fingerprint density at radius 1 is 1.50 bits per heavy atom. The van der Waals surface area contributed by atoms with Gasteiger partial charge in [0.1, 0.15) is 12.2 Å². The molecule has 1 saturated carbocycles. The topological polar surface area (TPSA) is 40.9 Å². The summed E-state index contributed by atoms with van der Waals surface area (Å²) in [6.45, 7) is 0. The highest BCUT2D eigenvalue weighted by molar-refractivity contribution is 5.58. The van der Waals surface area contributed by atoms with Crippen LogP contribution in [0.4, 0.5) is 0 Å². The molecule has 0 N–H and O–H groups in total. The van der Waals surface area contributed by atoms with Crippen molar-refractivity contribution in [2.45, 2.75) is 25.7 Å². The number of carbonyl (C=O) groups excluding carboxylic acids is 1. The Labute approximate surface area is 60.8 Å². The molecule has 1 aliphatic carbocycles. The summed E-state index contributed by atoms with van der Waals surface area (Å²) in [6, 6.07) is 2.03. The number of rotatable bonds is 2. The lowest BCUT2D eigenvalue weighted by atomic mass is 9.94. The lowest BCUT2D eigenvalue weighted by Crippen LogP contribution is -2.10. The second-order valence-corrected chi connectivity index (χ2v) is 2.84. The third-order valence-corrected chi connectivity index (χ3v) is 2.20. The summed E-state index contributed by atoms with van der Waals surface area (Å²) in [6.07, 6.45) is 5.30. The minimum atomic E-state index is -0.331. The monoisotopic (exact) mass is 137 g/mol. The van der Waals surface area contributed by atoms with Gasteiger partial charge >= 0.3 is 0 Å². The number of hydrogen-bond acceptors (Lipinski definition) is 2. The van der Waals surface area contributed by atoms with E-state index in [9.17, 15) is 4.79 Å². The highest BCUT2D eigenvalue weighted by atomic mass is 16.1. The fourth-order valence-corrected chi connectivity index (χ4v) is 1.56. The normalized spacial score (nSPS) is 21.9. The number of nitriles is 1. The second kappa shape index (κ2) is 3.36. The van der Waals surface area contributed by atoms with Crippen molar-refractivity contribution < 1.29 is 4.79 Å². The molecule has 0 amide bonds. The maximum Gasteiger partial charge on any atom is 0.137 e. The van der Waals surface area contributed by atoms with E-state index in [0.29, 0.717) is 5.92 Å². The molecule has 2 nitrogen and oxygen atoms in total. The van der Waals surface area contributed by atoms with Crippen LogP contribution in [0, 0.1) is 23.2 Å². The van der Waals surface area contributed by atoms with Crippen LogP contribution in [0.5, 0.6) is 0 Å². The number of carbonyl (C=O) groups is 1. The molecule has 0 aromatic rings. The van der Waals surface area contributed by atoms with Crippen LogP contribution in [-0.4, -0.2) is 6.29 Å². The fraction of sp³-hybridized carbons (Fsp3) is 0.750. The van der Waals surface area contributed by atoms with E-state index in [1.54, 1.807) is 0 Å². The van der Waals surface area contributed by atoms with E-state index in [2.05, 4.69) is 0 Å². The van der Waals surface area contributed by atoms with Crippen LogP contribution in [0.1, 0.15) is 25.7 Å². The summed E-state index contributed by atoms with van der Waals surface area (Å²) in [5.74, 6) is 0.0324. The maximum absolute atomic E-state index is 10.3. The van der Waals surface area contributed by atoms with Crippen molar-refractivity contribution in [3.63, 3.8) is 0 Å². The first-order valence-corrected chi connectivity index (χ1v) is 3.73. The van der Waals surface area contributed by atoms with Crippen molar-refractivity contribution in [3.05, 3.63) is 0 Å². The van der Waals surface area contributed by atoms with Gasteiger partial charge in [-0.05, 0) is 18.8 Å². The predicted molar refractivity (Wildman–Crippen MR) is 37.1 cm³/mol. The van der Waals surface area contributed by atoms with Crippen LogP contribution >= 0.6 is 0 Å². The highest BCUT2D eigenvalue weighted by Gasteiger charge is 2.23. The first-order chi connectivity index (χ1) is 4.88. The van der Waals surface area contributed by atoms with E-state index >= 15 is 0 Å². The van der Waals surface area contributed by atoms with Gasteiger partial charge in [-0.1, -0.05) is 12.8 Å². The minimum absolute atomic E-state index is 0.331. The molecule has 0 bridgehead atoms. The molecule has 10 heavy (non-hydrogen) atoms. The molecule has 1 fully saturated rings. The van der Waals surface area contributed by atoms with Gasteiger partial charge in [-0.3, -0.25) is 0 Å². The van der Waals surface area contributed by atoms with E-state index < -0.39 is 0 Å². The van der Waals surface area contributed by atoms with Crippen LogP contribution in [0.2, 0.25) is 0 Å². The molecular weight excluding hydrogens is 126 g/mol. The molecule has 2 heteroatoms. The first-order valence-electron chi connectivity index (χ1n) is 3.73. The van der Waals surface area contributed by atoms with Crippen LogP contribution < -0.4 is 0 Å². The zero-order valence-corrected chi connectivity index (χ0v) is 5.92. The lowest BCUT2D eigenvalue weighted by Gasteiger charge is -2.07. The van der Waals surface area contributed by atoms with Gasteiger partial charge < -0.3 is 4.79 Å². The molecule has 1 atom stereocenters. The van der Waals surface area contributed by atoms with Gasteiger partial charge in [-0.2, -0.15) is 5.26 Å². The predicted octanol–water partition coefficient (Wildman–Crippen LogP) is 1.52. The molecule has 1 unspecified atom stereocenters. The summed E-state index contributed by atoms with van der Waals surface area (Å²) >= 11 is 0. The first kappa shape index (κ1) is 7.27. The van der Waals surface area contributed by atoms with Gasteiger partial charge in [0, 0.05) is 0 Å². The van der Waals surface area contributed by atoms with Crippen molar-refractivity contribution in [2.24, 2.45) is 11.8 Å². The molecule has 54 valence electrons. The molecule has 1 aliphatic rings. The molecule has 0 aliphatic heterocycles. The molecule has 0 radical (unpaired) electrons. The van der Waals surface area contributed by atoms with Crippen molar-refractivity contribution in [2.75, 3.05) is 0 Å². The van der Waals surface area contributed by atoms with Crippen molar-refractivity contribution >= 4 is 6.29 Å². The zero-order valence-electron chi connectivity index (χ0n) is 5.92. The standard InChI is InChI=1S/C8H11NO/c9-5-8(6-10)7-3-1-2-4-7/h6-8H,1-4H2. The van der Waals surface area contributed by atoms with E-state index in [1.807, 2.05) is 6.07 Å². The average Bonchev–Trinajstić information content (AvgIpc) is 2.43. The van der Waals surface area contributed by atoms with Crippen molar-refractivity contribution in [1.82, 2.24) is 0 Å². The Hall–Kier alpha value is -0.840. The molecule has 0 aromatic heterocycles. The van der Waals surface area contributed by atoms with Gasteiger partial charge in [0.15, 0.2) is 0 Å². The van der Waals surface area contributed by atoms with E-state index in [-0.39, 0.29) is 5.92 Å². The second-order valence-electron chi connectivity index (χ2n) is 2.84. The van der Waals surface area contributed by atoms with Crippen LogP contribution in [0.15, 0.2) is 0 Å². The SMILES string of the molecule is N#CC(C=O)C1CCCC1. The van der Waals surface area contributed by atoms with Crippen molar-refractivity contribution in [3.8, 4) is 6.07 Å². The summed E-state index contributed by atoms with van der Waals surface area (Å²) in [4.78, 5) is 10.3. The number of aldehydes is 1. The van der Waals surface area contributed by atoms with E-state index in [1.165, 1.54) is 12.8 Å². The zero-order chi connectivity index (χ0) is 7.40. The number of hydrogen-bond donors (Lipinski definition) is 0. The van der Waals surface area contributed by atoms with Crippen LogP contribution in [-0.2, 0) is 4.79 Å². The molecule has 1 rings (SSSR count). The summed E-state index contributed by atoms with van der Waals surface area (Å²) in [5.41, 5.74) is 0. The third kappa shape index (κ3) is 1.36. The highest BCUT2D eigenvalue weighted by Crippen LogP contribution is 2.29. The lowest BCUT2D eigenvalue weighted by molar-refractivity contribution is -0.110. The molecule has 0 spiro atoms. The largest absolute Gasteiger partial charge is 0.302 e. The average molecular weight is 137 g/mol. The van der Waals surface area contributed by atoms with E-state index in [4.69, 9.17) is 5.26 Å². The Morgan fingerprint density at radius 2 is 2.10 bits per heavy atom. The fourth-order valence-electron chi connectivity index (χ4n) is 1.56. The van der Waals surface area contributed by atoms with Gasteiger partial charge in [0.25, 0.3) is 0 Å². The smallest absolute Gasteiger partial charge is 0.137 e. The Morgan fingerprint density at radius 3 is 2.50 bits per heavy atom. The number of nitrogens with zero attached hydrogens (tertiary/aromatic N) is 1. The van der Waals surface area contributed by atoms with Gasteiger partial charge in [-0.25, -0.2) is 0 Å². The quantitative estimate of drug-likeness (QED) is 0.541. The van der Waals surface area contributed by atoms with Gasteiger partial charge in [0.2, 0.25) is 0 Å². The van der Waals surface area contributed by atoms with Crippen LogP contribution in [0.25, 0.3) is 0 Å². The molecule has 0 saturated heterocycles. The Balaban J connectivity index is 2.46. The van der Waals surface area contributed by atoms with Gasteiger partial charge in [-0.15, -0.1) is 0 Å². The third-order valence-electron chi connectivity index (χ3n) is 2.20. The molecule has 0 heterocycles.